The van der Waals surface area contributed by atoms with Crippen molar-refractivity contribution in [1.29, 1.82) is 0 Å². The highest BCUT2D eigenvalue weighted by Gasteiger charge is 2.24. The molecule has 0 aromatic heterocycles. The molecule has 1 amide bonds. The van der Waals surface area contributed by atoms with Gasteiger partial charge in [-0.25, -0.2) is 12.8 Å². The van der Waals surface area contributed by atoms with Gasteiger partial charge in [0.2, 0.25) is 5.91 Å². The second-order valence-electron chi connectivity index (χ2n) is 6.05. The highest BCUT2D eigenvalue weighted by atomic mass is 32.2. The van der Waals surface area contributed by atoms with Crippen molar-refractivity contribution in [2.24, 2.45) is 0 Å². The average Bonchev–Trinajstić information content (AvgIpc) is 3.02. The van der Waals surface area contributed by atoms with E-state index in [0.717, 1.165) is 18.1 Å². The van der Waals surface area contributed by atoms with E-state index >= 15 is 0 Å². The Kier molecular flexibility index (Phi) is 4.86. The summed E-state index contributed by atoms with van der Waals surface area (Å²) in [5.41, 5.74) is 1.86. The Morgan fingerprint density at radius 2 is 1.96 bits per heavy atom. The smallest absolute Gasteiger partial charge is 0.262 e. The average molecular weight is 378 g/mol. The van der Waals surface area contributed by atoms with E-state index in [1.54, 1.807) is 23.1 Å². The number of carbonyl (C=O) groups is 1. The van der Waals surface area contributed by atoms with E-state index in [0.29, 0.717) is 24.3 Å². The first-order valence-electron chi connectivity index (χ1n) is 8.09. The molecular weight excluding hydrogens is 359 g/mol. The quantitative estimate of drug-likeness (QED) is 0.868. The largest absolute Gasteiger partial charge is 0.494 e. The first kappa shape index (κ1) is 18.2. The van der Waals surface area contributed by atoms with Gasteiger partial charge in [0.1, 0.15) is 0 Å². The Labute approximate surface area is 151 Å². The molecule has 1 aliphatic rings. The number of halogens is 1. The molecule has 0 saturated carbocycles. The van der Waals surface area contributed by atoms with Crippen LogP contribution in [-0.2, 0) is 14.8 Å². The summed E-state index contributed by atoms with van der Waals surface area (Å²) in [6.45, 7) is 2.47. The van der Waals surface area contributed by atoms with Crippen LogP contribution in [0, 0.1) is 12.7 Å². The minimum atomic E-state index is -3.98. The van der Waals surface area contributed by atoms with Crippen molar-refractivity contribution in [2.45, 2.75) is 24.7 Å². The molecule has 2 aromatic rings. The molecule has 26 heavy (non-hydrogen) atoms. The van der Waals surface area contributed by atoms with Crippen LogP contribution in [-0.4, -0.2) is 28.0 Å². The number of nitrogens with zero attached hydrogens (tertiary/aromatic N) is 1. The molecule has 1 heterocycles. The van der Waals surface area contributed by atoms with Gasteiger partial charge in [0, 0.05) is 18.7 Å². The SMILES string of the molecule is COc1ccc(S(=O)(=O)Nc2ccc(C)c(N3CCCC3=O)c2)cc1F. The number of anilines is 2. The molecule has 1 saturated heterocycles. The number of ether oxygens (including phenoxy) is 1. The summed E-state index contributed by atoms with van der Waals surface area (Å²) in [5.74, 6) is -0.776. The summed E-state index contributed by atoms with van der Waals surface area (Å²) >= 11 is 0. The van der Waals surface area contributed by atoms with E-state index in [9.17, 15) is 17.6 Å². The number of rotatable bonds is 5. The van der Waals surface area contributed by atoms with E-state index in [1.165, 1.54) is 19.2 Å². The molecule has 1 N–H and O–H groups in total. The van der Waals surface area contributed by atoms with Crippen molar-refractivity contribution in [3.05, 3.63) is 47.8 Å². The Morgan fingerprint density at radius 3 is 2.58 bits per heavy atom. The molecule has 0 radical (unpaired) electrons. The van der Waals surface area contributed by atoms with Gasteiger partial charge < -0.3 is 9.64 Å². The molecule has 1 aliphatic heterocycles. The number of sulfonamides is 1. The van der Waals surface area contributed by atoms with Crippen LogP contribution in [0.5, 0.6) is 5.75 Å². The van der Waals surface area contributed by atoms with Crippen LogP contribution in [0.4, 0.5) is 15.8 Å². The van der Waals surface area contributed by atoms with Crippen molar-refractivity contribution in [1.82, 2.24) is 0 Å². The van der Waals surface area contributed by atoms with E-state index in [4.69, 9.17) is 4.74 Å². The van der Waals surface area contributed by atoms with E-state index < -0.39 is 15.8 Å². The summed E-state index contributed by atoms with van der Waals surface area (Å²) in [4.78, 5) is 13.4. The fraction of sp³-hybridized carbons (Fsp3) is 0.278. The van der Waals surface area contributed by atoms with Crippen molar-refractivity contribution < 1.29 is 22.3 Å². The van der Waals surface area contributed by atoms with Crippen molar-refractivity contribution >= 4 is 27.3 Å². The van der Waals surface area contributed by atoms with Gasteiger partial charge in [-0.3, -0.25) is 9.52 Å². The first-order chi connectivity index (χ1) is 12.3. The summed E-state index contributed by atoms with van der Waals surface area (Å²) in [7, 11) is -2.67. The zero-order valence-electron chi connectivity index (χ0n) is 14.5. The zero-order valence-corrected chi connectivity index (χ0v) is 15.3. The van der Waals surface area contributed by atoms with Crippen molar-refractivity contribution in [2.75, 3.05) is 23.3 Å². The topological polar surface area (TPSA) is 75.7 Å². The maximum absolute atomic E-state index is 13.8. The van der Waals surface area contributed by atoms with Gasteiger partial charge in [0.25, 0.3) is 10.0 Å². The van der Waals surface area contributed by atoms with Gasteiger partial charge in [-0.1, -0.05) is 6.07 Å². The minimum Gasteiger partial charge on any atom is -0.494 e. The third-order valence-corrected chi connectivity index (χ3v) is 5.64. The van der Waals surface area contributed by atoms with Gasteiger partial charge in [-0.2, -0.15) is 0 Å². The van der Waals surface area contributed by atoms with Gasteiger partial charge in [-0.05, 0) is 49.2 Å². The van der Waals surface area contributed by atoms with Crippen LogP contribution >= 0.6 is 0 Å². The lowest BCUT2D eigenvalue weighted by atomic mass is 10.1. The third kappa shape index (κ3) is 3.50. The maximum atomic E-state index is 13.8. The molecule has 0 spiro atoms. The molecule has 8 heteroatoms. The molecule has 0 aliphatic carbocycles. The second-order valence-corrected chi connectivity index (χ2v) is 7.73. The van der Waals surface area contributed by atoms with Crippen LogP contribution in [0.25, 0.3) is 0 Å². The number of benzene rings is 2. The number of aryl methyl sites for hydroxylation is 1. The number of nitrogens with one attached hydrogen (secondary N) is 1. The number of hydrogen-bond donors (Lipinski definition) is 1. The Hall–Kier alpha value is -2.61. The molecule has 138 valence electrons. The Morgan fingerprint density at radius 1 is 1.19 bits per heavy atom. The monoisotopic (exact) mass is 378 g/mol. The van der Waals surface area contributed by atoms with Crippen LogP contribution in [0.2, 0.25) is 0 Å². The zero-order chi connectivity index (χ0) is 18.9. The molecular formula is C18H19FN2O4S. The minimum absolute atomic E-state index is 0.0188. The molecule has 0 atom stereocenters. The lowest BCUT2D eigenvalue weighted by Crippen LogP contribution is -2.24. The van der Waals surface area contributed by atoms with Crippen LogP contribution in [0.15, 0.2) is 41.3 Å². The van der Waals surface area contributed by atoms with Gasteiger partial charge in [0.05, 0.1) is 17.7 Å². The highest BCUT2D eigenvalue weighted by molar-refractivity contribution is 7.92. The van der Waals surface area contributed by atoms with Crippen LogP contribution in [0.3, 0.4) is 0 Å². The molecule has 2 aromatic carbocycles. The summed E-state index contributed by atoms with van der Waals surface area (Å²) in [6.07, 6.45) is 1.26. The summed E-state index contributed by atoms with van der Waals surface area (Å²) < 4.78 is 46.1. The molecule has 6 nitrogen and oxygen atoms in total. The van der Waals surface area contributed by atoms with E-state index in [1.807, 2.05) is 6.92 Å². The Balaban J connectivity index is 1.90. The molecule has 3 rings (SSSR count). The summed E-state index contributed by atoms with van der Waals surface area (Å²) in [5, 5.41) is 0. The third-order valence-electron chi connectivity index (χ3n) is 4.26. The fourth-order valence-corrected chi connectivity index (χ4v) is 3.96. The normalized spacial score (nSPS) is 14.6. The first-order valence-corrected chi connectivity index (χ1v) is 9.57. The molecule has 0 unspecified atom stereocenters. The number of amides is 1. The van der Waals surface area contributed by atoms with Crippen molar-refractivity contribution in [3.63, 3.8) is 0 Å². The van der Waals surface area contributed by atoms with Crippen LogP contribution < -0.4 is 14.4 Å². The molecule has 0 bridgehead atoms. The summed E-state index contributed by atoms with van der Waals surface area (Å²) in [6, 6.07) is 8.40. The predicted octanol–water partition coefficient (Wildman–Crippen LogP) is 3.07. The predicted molar refractivity (Wildman–Crippen MR) is 96.5 cm³/mol. The van der Waals surface area contributed by atoms with E-state index in [-0.39, 0.29) is 16.6 Å². The highest BCUT2D eigenvalue weighted by Crippen LogP contribution is 2.29. The van der Waals surface area contributed by atoms with Gasteiger partial charge in [0.15, 0.2) is 11.6 Å². The maximum Gasteiger partial charge on any atom is 0.262 e. The standard InChI is InChI=1S/C18H19FN2O4S/c1-12-5-6-13(10-16(12)21-9-3-4-18(21)22)20-26(23,24)14-7-8-17(25-2)15(19)11-14/h5-8,10-11,20H,3-4,9H2,1-2H3. The van der Waals surface area contributed by atoms with Gasteiger partial charge in [-0.15, -0.1) is 0 Å². The lowest BCUT2D eigenvalue weighted by Gasteiger charge is -2.19. The fourth-order valence-electron chi connectivity index (χ4n) is 2.89. The van der Waals surface area contributed by atoms with Gasteiger partial charge >= 0.3 is 0 Å². The second kappa shape index (κ2) is 6.95. The molecule has 1 fully saturated rings. The Bertz CT molecular complexity index is 960. The number of methoxy groups -OCH3 is 1. The number of carbonyl (C=O) groups excluding carboxylic acids is 1. The lowest BCUT2D eigenvalue weighted by molar-refractivity contribution is -0.117. The van der Waals surface area contributed by atoms with Crippen molar-refractivity contribution in [3.8, 4) is 5.75 Å². The van der Waals surface area contributed by atoms with Crippen LogP contribution in [0.1, 0.15) is 18.4 Å². The number of hydrogen-bond acceptors (Lipinski definition) is 4. The van der Waals surface area contributed by atoms with E-state index in [2.05, 4.69) is 4.72 Å².